The summed E-state index contributed by atoms with van der Waals surface area (Å²) in [5.41, 5.74) is 1.54. The van der Waals surface area contributed by atoms with E-state index in [9.17, 15) is 9.59 Å². The molecule has 0 bridgehead atoms. The summed E-state index contributed by atoms with van der Waals surface area (Å²) in [6.45, 7) is 3.92. The number of carbonyl (C=O) groups excluding carboxylic acids is 2. The van der Waals surface area contributed by atoms with Gasteiger partial charge in [0.15, 0.2) is 0 Å². The molecule has 0 spiro atoms. The molecule has 6 heteroatoms. The first-order chi connectivity index (χ1) is 11.4. The van der Waals surface area contributed by atoms with Gasteiger partial charge in [-0.1, -0.05) is 30.7 Å². The Hall–Kier alpha value is -2.40. The highest BCUT2D eigenvalue weighted by Gasteiger charge is 2.27. The van der Waals surface area contributed by atoms with Gasteiger partial charge in [0.1, 0.15) is 0 Å². The highest BCUT2D eigenvalue weighted by molar-refractivity contribution is 6.39. The van der Waals surface area contributed by atoms with Gasteiger partial charge in [-0.25, -0.2) is 0 Å². The molecule has 1 aromatic carbocycles. The summed E-state index contributed by atoms with van der Waals surface area (Å²) in [6, 6.07) is 10.7. The van der Waals surface area contributed by atoms with Crippen LogP contribution in [0.3, 0.4) is 0 Å². The van der Waals surface area contributed by atoms with Crippen LogP contribution in [-0.2, 0) is 9.59 Å². The quantitative estimate of drug-likeness (QED) is 0.864. The molecule has 5 nitrogen and oxygen atoms in total. The lowest BCUT2D eigenvalue weighted by Gasteiger charge is -2.29. The number of nitrogens with one attached hydrogen (secondary N) is 1. The van der Waals surface area contributed by atoms with Gasteiger partial charge in [0.05, 0.1) is 11.9 Å². The van der Waals surface area contributed by atoms with E-state index in [-0.39, 0.29) is 12.0 Å². The fourth-order valence-corrected chi connectivity index (χ4v) is 2.47. The number of pyridine rings is 1. The van der Waals surface area contributed by atoms with Crippen molar-refractivity contribution in [2.45, 2.75) is 25.8 Å². The van der Waals surface area contributed by atoms with Crippen molar-refractivity contribution in [3.05, 3.63) is 59.4 Å². The summed E-state index contributed by atoms with van der Waals surface area (Å²) in [5, 5.41) is 3.22. The lowest BCUT2D eigenvalue weighted by atomic mass is 9.93. The van der Waals surface area contributed by atoms with Crippen LogP contribution in [0.15, 0.2) is 48.8 Å². The third kappa shape index (κ3) is 4.32. The molecule has 0 radical (unpaired) electrons. The normalized spacial score (nSPS) is 13.0. The summed E-state index contributed by atoms with van der Waals surface area (Å²) in [4.78, 5) is 29.8. The number of likely N-dealkylation sites (N-methyl/N-ethyl adjacent to an activating group) is 1. The van der Waals surface area contributed by atoms with E-state index >= 15 is 0 Å². The number of carbonyl (C=O) groups is 2. The van der Waals surface area contributed by atoms with Crippen LogP contribution in [-0.4, -0.2) is 34.8 Å². The van der Waals surface area contributed by atoms with Crippen LogP contribution < -0.4 is 5.32 Å². The summed E-state index contributed by atoms with van der Waals surface area (Å²) in [5.74, 6) is -1.21. The number of hydrogen-bond acceptors (Lipinski definition) is 3. The van der Waals surface area contributed by atoms with Gasteiger partial charge >= 0.3 is 11.8 Å². The zero-order valence-corrected chi connectivity index (χ0v) is 14.6. The molecule has 1 N–H and O–H groups in total. The lowest BCUT2D eigenvalue weighted by Crippen LogP contribution is -2.44. The van der Waals surface area contributed by atoms with Crippen molar-refractivity contribution in [1.29, 1.82) is 0 Å². The van der Waals surface area contributed by atoms with E-state index in [0.29, 0.717) is 10.7 Å². The van der Waals surface area contributed by atoms with Crippen LogP contribution in [0.4, 0.5) is 5.69 Å². The van der Waals surface area contributed by atoms with Crippen molar-refractivity contribution in [3.8, 4) is 0 Å². The molecule has 2 rings (SSSR count). The molecular formula is C18H20ClN3O2. The maximum absolute atomic E-state index is 12.4. The number of rotatable bonds is 4. The number of amides is 2. The predicted molar refractivity (Wildman–Crippen MR) is 95.0 cm³/mol. The highest BCUT2D eigenvalue weighted by atomic mass is 35.5. The van der Waals surface area contributed by atoms with E-state index in [1.807, 2.05) is 38.1 Å². The van der Waals surface area contributed by atoms with E-state index in [2.05, 4.69) is 10.3 Å². The van der Waals surface area contributed by atoms with Gasteiger partial charge in [-0.2, -0.15) is 0 Å². The third-order valence-corrected chi connectivity index (χ3v) is 4.42. The molecule has 0 aliphatic heterocycles. The van der Waals surface area contributed by atoms with Gasteiger partial charge in [-0.15, -0.1) is 0 Å². The number of benzene rings is 1. The van der Waals surface area contributed by atoms with Crippen LogP contribution in [0, 0.1) is 0 Å². The molecule has 2 amide bonds. The number of hydrogen-bond donors (Lipinski definition) is 1. The molecule has 0 unspecified atom stereocenters. The van der Waals surface area contributed by atoms with Crippen molar-refractivity contribution in [2.24, 2.45) is 0 Å². The van der Waals surface area contributed by atoms with Crippen LogP contribution >= 0.6 is 11.6 Å². The van der Waals surface area contributed by atoms with Crippen LogP contribution in [0.25, 0.3) is 0 Å². The largest absolute Gasteiger partial charge is 0.334 e. The number of halogens is 1. The summed E-state index contributed by atoms with van der Waals surface area (Å²) in [6.07, 6.45) is 3.09. The van der Waals surface area contributed by atoms with Crippen molar-refractivity contribution >= 4 is 29.1 Å². The Kier molecular flexibility index (Phi) is 5.93. The predicted octanol–water partition coefficient (Wildman–Crippen LogP) is 3.32. The molecule has 2 aromatic rings. The van der Waals surface area contributed by atoms with Gasteiger partial charge in [0.2, 0.25) is 0 Å². The van der Waals surface area contributed by atoms with Gasteiger partial charge in [-0.3, -0.25) is 14.6 Å². The molecule has 1 aromatic heterocycles. The van der Waals surface area contributed by atoms with Gasteiger partial charge in [-0.05, 0) is 36.8 Å². The summed E-state index contributed by atoms with van der Waals surface area (Å²) < 4.78 is 0. The van der Waals surface area contributed by atoms with Crippen molar-refractivity contribution < 1.29 is 9.59 Å². The Labute approximate surface area is 146 Å². The fourth-order valence-electron chi connectivity index (χ4n) is 2.35. The van der Waals surface area contributed by atoms with E-state index < -0.39 is 11.8 Å². The SMILES string of the molecule is C[C@H](c1ccc(Cl)cc1)[C@@H](C)N(C)C(=O)C(=O)Nc1cccnc1. The van der Waals surface area contributed by atoms with Crippen LogP contribution in [0.5, 0.6) is 0 Å². The van der Waals surface area contributed by atoms with E-state index in [0.717, 1.165) is 5.56 Å². The minimum atomic E-state index is -0.680. The zero-order chi connectivity index (χ0) is 17.7. The monoisotopic (exact) mass is 345 g/mol. The first kappa shape index (κ1) is 17.9. The molecule has 0 aliphatic carbocycles. The molecular weight excluding hydrogens is 326 g/mol. The van der Waals surface area contributed by atoms with E-state index in [1.54, 1.807) is 25.4 Å². The second-order valence-corrected chi connectivity index (χ2v) is 6.13. The molecule has 0 fully saturated rings. The standard InChI is InChI=1S/C18H20ClN3O2/c1-12(14-6-8-15(19)9-7-14)13(2)22(3)18(24)17(23)21-16-5-4-10-20-11-16/h4-13H,1-3H3,(H,21,23)/t12-,13+/m0/s1. The van der Waals surface area contributed by atoms with Crippen molar-refractivity contribution in [1.82, 2.24) is 9.88 Å². The number of nitrogens with zero attached hydrogens (tertiary/aromatic N) is 2. The van der Waals surface area contributed by atoms with Gasteiger partial charge in [0.25, 0.3) is 0 Å². The van der Waals surface area contributed by atoms with Crippen molar-refractivity contribution in [3.63, 3.8) is 0 Å². The van der Waals surface area contributed by atoms with Crippen molar-refractivity contribution in [2.75, 3.05) is 12.4 Å². The van der Waals surface area contributed by atoms with Crippen LogP contribution in [0.1, 0.15) is 25.3 Å². The topological polar surface area (TPSA) is 62.3 Å². The zero-order valence-electron chi connectivity index (χ0n) is 13.9. The molecule has 0 saturated carbocycles. The van der Waals surface area contributed by atoms with Crippen LogP contribution in [0.2, 0.25) is 5.02 Å². The molecule has 126 valence electrons. The lowest BCUT2D eigenvalue weighted by molar-refractivity contribution is -0.143. The first-order valence-electron chi connectivity index (χ1n) is 7.63. The Morgan fingerprint density at radius 2 is 1.83 bits per heavy atom. The summed E-state index contributed by atoms with van der Waals surface area (Å²) in [7, 11) is 1.63. The maximum atomic E-state index is 12.4. The molecule has 0 saturated heterocycles. The van der Waals surface area contributed by atoms with E-state index in [1.165, 1.54) is 11.1 Å². The minimum Gasteiger partial charge on any atom is -0.334 e. The van der Waals surface area contributed by atoms with E-state index in [4.69, 9.17) is 11.6 Å². The molecule has 0 aliphatic rings. The molecule has 24 heavy (non-hydrogen) atoms. The van der Waals surface area contributed by atoms with Gasteiger partial charge in [0, 0.05) is 30.2 Å². The Bertz CT molecular complexity index is 704. The van der Waals surface area contributed by atoms with Gasteiger partial charge < -0.3 is 10.2 Å². The summed E-state index contributed by atoms with van der Waals surface area (Å²) >= 11 is 5.90. The minimum absolute atomic E-state index is 0.0578. The molecule has 2 atom stereocenters. The maximum Gasteiger partial charge on any atom is 0.313 e. The smallest absolute Gasteiger partial charge is 0.313 e. The molecule has 1 heterocycles. The first-order valence-corrected chi connectivity index (χ1v) is 8.01. The Balaban J connectivity index is 2.03. The Morgan fingerprint density at radius 3 is 2.42 bits per heavy atom. The second-order valence-electron chi connectivity index (χ2n) is 5.69. The average molecular weight is 346 g/mol. The Morgan fingerprint density at radius 1 is 1.17 bits per heavy atom. The highest BCUT2D eigenvalue weighted by Crippen LogP contribution is 2.24. The average Bonchev–Trinajstić information content (AvgIpc) is 2.60. The number of anilines is 1. The third-order valence-electron chi connectivity index (χ3n) is 4.16. The number of aromatic nitrogens is 1. The second kappa shape index (κ2) is 7.93. The fraction of sp³-hybridized carbons (Fsp3) is 0.278.